The first-order valence-corrected chi connectivity index (χ1v) is 35.6. The lowest BCUT2D eigenvalue weighted by Crippen LogP contribution is -2.48. The minimum Gasteiger partial charge on any atom is -0.461 e. The summed E-state index contributed by atoms with van der Waals surface area (Å²) in [5.41, 5.74) is 6.05. The zero-order valence-corrected chi connectivity index (χ0v) is 58.4. The summed E-state index contributed by atoms with van der Waals surface area (Å²) in [5.74, 6) is -3.40. The summed E-state index contributed by atoms with van der Waals surface area (Å²) >= 11 is 3.26. The van der Waals surface area contributed by atoms with Crippen LogP contribution in [-0.2, 0) is 47.7 Å². The lowest BCUT2D eigenvalue weighted by Gasteiger charge is -2.37. The van der Waals surface area contributed by atoms with Crippen LogP contribution in [0, 0.1) is 48.3 Å². The molecule has 508 valence electrons. The third-order valence-electron chi connectivity index (χ3n) is 20.1. The third-order valence-corrected chi connectivity index (χ3v) is 22.0. The number of nitrogens with zero attached hydrogens (tertiary/aromatic N) is 2. The van der Waals surface area contributed by atoms with Crippen molar-refractivity contribution in [3.8, 4) is 0 Å². The van der Waals surface area contributed by atoms with Crippen molar-refractivity contribution in [1.29, 1.82) is 0 Å². The number of aliphatic hydroxyl groups is 2. The lowest BCUT2D eigenvalue weighted by molar-refractivity contribution is -0.162. The summed E-state index contributed by atoms with van der Waals surface area (Å²) in [6.45, 7) is 29.4. The Morgan fingerprint density at radius 1 is 0.652 bits per heavy atom. The number of thiazole rings is 2. The number of carbonyl (C=O) groups is 6. The number of carbonyl (C=O) groups excluding carboxylic acids is 6. The van der Waals surface area contributed by atoms with E-state index in [2.05, 4.69) is 54.5 Å². The van der Waals surface area contributed by atoms with Crippen LogP contribution in [0.25, 0.3) is 20.4 Å². The fourth-order valence-corrected chi connectivity index (χ4v) is 15.3. The van der Waals surface area contributed by atoms with Gasteiger partial charge < -0.3 is 45.5 Å². The predicted molar refractivity (Wildman–Crippen MR) is 364 cm³/mol. The number of amides is 2. The summed E-state index contributed by atoms with van der Waals surface area (Å²) in [6, 6.07) is 11.5. The van der Waals surface area contributed by atoms with Crippen molar-refractivity contribution in [3.63, 3.8) is 0 Å². The minimum atomic E-state index is -1.28. The van der Waals surface area contributed by atoms with Gasteiger partial charge >= 0.3 is 11.9 Å². The van der Waals surface area contributed by atoms with Crippen molar-refractivity contribution >= 4 is 78.4 Å². The van der Waals surface area contributed by atoms with Crippen LogP contribution in [0.2, 0.25) is 0 Å². The number of aliphatic hydroxyl groups excluding tert-OH is 2. The molecule has 8 rings (SSSR count). The number of esters is 2. The van der Waals surface area contributed by atoms with Crippen molar-refractivity contribution in [1.82, 2.24) is 20.6 Å². The number of ether oxygens (including phenoxy) is 4. The molecule has 2 aromatic heterocycles. The number of benzene rings is 2. The molecule has 0 aliphatic carbocycles. The van der Waals surface area contributed by atoms with Gasteiger partial charge in [0.2, 0.25) is 11.8 Å². The van der Waals surface area contributed by atoms with Gasteiger partial charge in [-0.05, 0) is 139 Å². The molecule has 0 radical (unpaired) electrons. The number of unbranched alkanes of at least 4 members (excludes halogenated alkanes) is 5. The van der Waals surface area contributed by atoms with E-state index in [9.17, 15) is 39.0 Å². The number of ketones is 2. The van der Waals surface area contributed by atoms with E-state index in [0.717, 1.165) is 119 Å². The molecule has 6 heterocycles. The molecule has 0 unspecified atom stereocenters. The molecule has 0 bridgehead atoms. The second-order valence-electron chi connectivity index (χ2n) is 28.4. The SMILES string of the molecule is C=CC[C@H]1C(=O)C(C)(C)[C@@H](O)CC(=O)N[C@H](c2ccc3sc(C)nc3c2)C[C@@H]2O[C@]2(C)CCC[C@H](C)[C@@H]1OC(=O)CCCCCC.C=CC[C@H]1C(=O)C(C)(C)[C@@H](O)CC(=O)N[C@H](c2ccc3sc(C)nc3c2)C[C@@H]2O[C@]2(C)CCC[C@H](C)[C@@H]1OC(=O)CCCCCN. The summed E-state index contributed by atoms with van der Waals surface area (Å²) in [6.07, 6.45) is 12.2. The summed E-state index contributed by atoms with van der Waals surface area (Å²) in [5, 5.41) is 31.1. The monoisotopic (exact) mass is 1310 g/mol. The Bertz CT molecular complexity index is 2990. The molecule has 92 heavy (non-hydrogen) atoms. The molecule has 14 atom stereocenters. The van der Waals surface area contributed by atoms with E-state index in [0.29, 0.717) is 45.1 Å². The average molecular weight is 1310 g/mol. The van der Waals surface area contributed by atoms with Gasteiger partial charge in [0, 0.05) is 25.7 Å². The number of Topliss-reactive ketones (excluding diaryl/α,β-unsaturated/α-hetero) is 2. The highest BCUT2D eigenvalue weighted by atomic mass is 32.1. The molecule has 4 saturated heterocycles. The van der Waals surface area contributed by atoms with Crippen LogP contribution in [0.5, 0.6) is 0 Å². The highest BCUT2D eigenvalue weighted by Gasteiger charge is 2.55. The van der Waals surface area contributed by atoms with Crippen LogP contribution >= 0.6 is 22.7 Å². The number of epoxide rings is 2. The number of hydrogen-bond acceptors (Lipinski definition) is 17. The van der Waals surface area contributed by atoms with E-state index in [4.69, 9.17) is 24.7 Å². The fraction of sp³-hybridized carbons (Fsp3) is 0.671. The Hall–Kier alpha value is -5.28. The first-order valence-electron chi connectivity index (χ1n) is 34.0. The number of nitrogens with one attached hydrogen (secondary N) is 2. The molecule has 19 heteroatoms. The van der Waals surface area contributed by atoms with Crippen molar-refractivity contribution in [3.05, 3.63) is 82.9 Å². The van der Waals surface area contributed by atoms with E-state index in [1.165, 1.54) is 0 Å². The van der Waals surface area contributed by atoms with Gasteiger partial charge in [0.15, 0.2) is 0 Å². The quantitative estimate of drug-likeness (QED) is 0.0268. The smallest absolute Gasteiger partial charge is 0.306 e. The van der Waals surface area contributed by atoms with Crippen LogP contribution in [0.1, 0.15) is 230 Å². The van der Waals surface area contributed by atoms with Gasteiger partial charge in [0.05, 0.1) is 114 Å². The maximum absolute atomic E-state index is 14.3. The number of fused-ring (bicyclic) bond motifs is 4. The largest absolute Gasteiger partial charge is 0.461 e. The molecule has 4 aliphatic heterocycles. The minimum absolute atomic E-state index is 0.0397. The normalized spacial score (nSPS) is 30.8. The lowest BCUT2D eigenvalue weighted by atomic mass is 9.71. The number of hydrogen-bond donors (Lipinski definition) is 5. The maximum Gasteiger partial charge on any atom is 0.306 e. The van der Waals surface area contributed by atoms with Crippen LogP contribution < -0.4 is 16.4 Å². The van der Waals surface area contributed by atoms with E-state index in [1.807, 2.05) is 64.1 Å². The Morgan fingerprint density at radius 2 is 1.05 bits per heavy atom. The van der Waals surface area contributed by atoms with Gasteiger partial charge in [0.25, 0.3) is 0 Å². The van der Waals surface area contributed by atoms with E-state index < -0.39 is 47.1 Å². The molecule has 4 aromatic rings. The second kappa shape index (κ2) is 32.9. The molecule has 6 N–H and O–H groups in total. The van der Waals surface area contributed by atoms with E-state index in [-0.39, 0.29) is 102 Å². The van der Waals surface area contributed by atoms with Gasteiger partial charge in [-0.1, -0.05) is 111 Å². The fourth-order valence-electron chi connectivity index (χ4n) is 13.7. The van der Waals surface area contributed by atoms with Crippen molar-refractivity contribution in [2.24, 2.45) is 40.2 Å². The Kier molecular flexibility index (Phi) is 26.5. The zero-order valence-electron chi connectivity index (χ0n) is 56.8. The van der Waals surface area contributed by atoms with E-state index in [1.54, 1.807) is 62.5 Å². The first-order chi connectivity index (χ1) is 43.6. The molecule has 2 amide bonds. The number of nitrogens with two attached hydrogens (primary N) is 1. The van der Waals surface area contributed by atoms with Crippen LogP contribution in [0.3, 0.4) is 0 Å². The van der Waals surface area contributed by atoms with Gasteiger partial charge in [-0.25, -0.2) is 9.97 Å². The number of rotatable bonds is 18. The van der Waals surface area contributed by atoms with Crippen LogP contribution in [-0.4, -0.2) is 110 Å². The standard InChI is InChI=1S/C37H54N2O6S.C36H53N3O6S/c1-8-10-11-12-16-33(42)44-34-23(3)15-13-19-37(7)31(45-37)21-27(25-17-18-29-28(20-25)38-24(4)46-29)39-32(41)22-30(40)36(5,6)35(43)26(34)14-9-2;1-7-12-25-33(44-32(42)14-9-8-10-18-37)22(2)13-11-17-36(6)30(45-36)20-26(24-15-16-28-27(19-24)38-23(3)46-28)39-31(41)21-29(40)35(4,5)34(25)43/h9,17-18,20,23,26-27,30-31,34,40H,2,8,10-16,19,21-22H2,1,3-7H3,(H,39,41);7,15-16,19,22,25-26,29-30,33,40H,1,8-14,17-18,20-21,37H2,2-6H3,(H,39,41)/t23-,26+,27-,30-,31-,34-,37+;22-,25+,26-,29-,30-,33-,36+/m00/s1. The Balaban J connectivity index is 0.000000261. The Labute approximate surface area is 554 Å². The molecular formula is C73H107N5O12S2. The first kappa shape index (κ1) is 74.1. The highest BCUT2D eigenvalue weighted by Crippen LogP contribution is 2.48. The summed E-state index contributed by atoms with van der Waals surface area (Å²) < 4.78 is 26.9. The van der Waals surface area contributed by atoms with Gasteiger partial charge in [-0.2, -0.15) is 0 Å². The van der Waals surface area contributed by atoms with Crippen molar-refractivity contribution in [2.45, 2.75) is 271 Å². The van der Waals surface area contributed by atoms with Gasteiger partial charge in [-0.15, -0.1) is 35.8 Å². The molecule has 17 nitrogen and oxygen atoms in total. The van der Waals surface area contributed by atoms with Crippen LogP contribution in [0.15, 0.2) is 61.7 Å². The molecule has 0 spiro atoms. The summed E-state index contributed by atoms with van der Waals surface area (Å²) in [7, 11) is 0. The Morgan fingerprint density at radius 3 is 1.43 bits per heavy atom. The third kappa shape index (κ3) is 19.5. The molecule has 4 fully saturated rings. The second-order valence-corrected chi connectivity index (χ2v) is 30.9. The maximum atomic E-state index is 14.3. The zero-order chi connectivity index (χ0) is 67.3. The predicted octanol–water partition coefficient (Wildman–Crippen LogP) is 13.6. The number of aromatic nitrogens is 2. The van der Waals surface area contributed by atoms with Gasteiger partial charge in [-0.3, -0.25) is 28.8 Å². The van der Waals surface area contributed by atoms with Crippen molar-refractivity contribution in [2.75, 3.05) is 6.54 Å². The van der Waals surface area contributed by atoms with E-state index >= 15 is 0 Å². The molecule has 4 aliphatic rings. The highest BCUT2D eigenvalue weighted by molar-refractivity contribution is 7.18. The average Bonchev–Trinajstić information content (AvgIpc) is 1.56. The molecule has 0 saturated carbocycles. The number of allylic oxidation sites excluding steroid dienone is 2. The molecule has 2 aromatic carbocycles. The van der Waals surface area contributed by atoms with Crippen molar-refractivity contribution < 1.29 is 57.9 Å². The number of aryl methyl sites for hydroxylation is 2. The van der Waals surface area contributed by atoms with Crippen LogP contribution in [0.4, 0.5) is 0 Å². The summed E-state index contributed by atoms with van der Waals surface area (Å²) in [4.78, 5) is 90.9. The molecular weight excluding hydrogens is 1200 g/mol. The van der Waals surface area contributed by atoms with Gasteiger partial charge in [0.1, 0.15) is 23.8 Å². The topological polar surface area (TPSA) is 262 Å².